The molecule has 6 nitrogen and oxygen atoms in total. The van der Waals surface area contributed by atoms with Gasteiger partial charge >= 0.3 is 5.97 Å². The van der Waals surface area contributed by atoms with Crippen LogP contribution in [0.5, 0.6) is 0 Å². The van der Waals surface area contributed by atoms with E-state index in [1.807, 2.05) is 49.5 Å². The molecule has 0 unspecified atom stereocenters. The summed E-state index contributed by atoms with van der Waals surface area (Å²) < 4.78 is 11.1. The first kappa shape index (κ1) is 20.5. The highest BCUT2D eigenvalue weighted by Gasteiger charge is 2.34. The van der Waals surface area contributed by atoms with Crippen LogP contribution < -0.4 is 10.6 Å². The third-order valence-corrected chi connectivity index (χ3v) is 5.69. The largest absolute Gasteiger partial charge is 0.462 e. The minimum Gasteiger partial charge on any atom is -0.462 e. The standard InChI is InChI=1S/C21H26N2O4S/c1-4-26-20(25)18-15-10-21(2,3)27-13-16(15)28-19(18)23-17(24)12-22-11-14-8-6-5-7-9-14/h5-9,22H,4,10-13H2,1-3H3,(H,23,24)/p+1. The van der Waals surface area contributed by atoms with E-state index >= 15 is 0 Å². The SMILES string of the molecule is CCOC(=O)c1c(NC(=O)C[NH2+]Cc2ccccc2)sc2c1CC(C)(C)OC2. The molecule has 0 bridgehead atoms. The maximum absolute atomic E-state index is 12.6. The minimum atomic E-state index is -0.388. The molecule has 1 aliphatic heterocycles. The number of hydrogen-bond acceptors (Lipinski definition) is 5. The first-order chi connectivity index (χ1) is 13.4. The van der Waals surface area contributed by atoms with Gasteiger partial charge in [-0.05, 0) is 26.3 Å². The van der Waals surface area contributed by atoms with Crippen LogP contribution in [0.3, 0.4) is 0 Å². The van der Waals surface area contributed by atoms with E-state index in [1.165, 1.54) is 11.3 Å². The van der Waals surface area contributed by atoms with Crippen molar-refractivity contribution in [3.63, 3.8) is 0 Å². The fourth-order valence-electron chi connectivity index (χ4n) is 3.22. The predicted molar refractivity (Wildman–Crippen MR) is 108 cm³/mol. The normalized spacial score (nSPS) is 15.0. The van der Waals surface area contributed by atoms with E-state index < -0.39 is 0 Å². The van der Waals surface area contributed by atoms with Crippen molar-refractivity contribution in [2.75, 3.05) is 18.5 Å². The molecule has 1 aromatic heterocycles. The van der Waals surface area contributed by atoms with Crippen LogP contribution in [0.2, 0.25) is 0 Å². The van der Waals surface area contributed by atoms with E-state index in [0.29, 0.717) is 30.2 Å². The lowest BCUT2D eigenvalue weighted by Gasteiger charge is -2.30. The molecule has 3 N–H and O–H groups in total. The summed E-state index contributed by atoms with van der Waals surface area (Å²) in [4.78, 5) is 26.0. The minimum absolute atomic E-state index is 0.139. The number of rotatable bonds is 7. The zero-order valence-corrected chi connectivity index (χ0v) is 17.4. The molecular weight excluding hydrogens is 376 g/mol. The molecule has 0 spiro atoms. The van der Waals surface area contributed by atoms with E-state index in [-0.39, 0.29) is 24.0 Å². The second-order valence-corrected chi connectivity index (χ2v) is 8.49. The van der Waals surface area contributed by atoms with Crippen LogP contribution in [-0.4, -0.2) is 30.6 Å². The van der Waals surface area contributed by atoms with E-state index in [2.05, 4.69) is 5.32 Å². The third-order valence-electron chi connectivity index (χ3n) is 4.57. The van der Waals surface area contributed by atoms with Crippen LogP contribution in [0.15, 0.2) is 30.3 Å². The molecule has 1 aromatic carbocycles. The Hall–Kier alpha value is -2.22. The van der Waals surface area contributed by atoms with Gasteiger partial charge in [0.05, 0.1) is 24.4 Å². The summed E-state index contributed by atoms with van der Waals surface area (Å²) in [5.74, 6) is -0.526. The zero-order chi connectivity index (χ0) is 20.1. The summed E-state index contributed by atoms with van der Waals surface area (Å²) >= 11 is 1.40. The first-order valence-electron chi connectivity index (χ1n) is 9.50. The highest BCUT2D eigenvalue weighted by Crippen LogP contribution is 2.40. The number of carbonyl (C=O) groups is 2. The third kappa shape index (κ3) is 4.98. The van der Waals surface area contributed by atoms with Gasteiger partial charge in [-0.25, -0.2) is 4.79 Å². The molecule has 150 valence electrons. The lowest BCUT2D eigenvalue weighted by Crippen LogP contribution is -2.84. The van der Waals surface area contributed by atoms with Crippen LogP contribution in [0.1, 0.15) is 47.1 Å². The fraction of sp³-hybridized carbons (Fsp3) is 0.429. The summed E-state index contributed by atoms with van der Waals surface area (Å²) in [6.45, 7) is 7.51. The Morgan fingerprint density at radius 1 is 1.29 bits per heavy atom. The topological polar surface area (TPSA) is 81.2 Å². The van der Waals surface area contributed by atoms with Gasteiger partial charge in [0.15, 0.2) is 6.54 Å². The van der Waals surface area contributed by atoms with Crippen molar-refractivity contribution in [2.45, 2.75) is 45.9 Å². The van der Waals surface area contributed by atoms with Crippen molar-refractivity contribution in [3.8, 4) is 0 Å². The Bertz CT molecular complexity index is 846. The Labute approximate surface area is 169 Å². The Balaban J connectivity index is 1.71. The van der Waals surface area contributed by atoms with Gasteiger partial charge in [-0.15, -0.1) is 11.3 Å². The number of anilines is 1. The van der Waals surface area contributed by atoms with Crippen molar-refractivity contribution >= 4 is 28.2 Å². The smallest absolute Gasteiger partial charge is 0.341 e. The molecule has 0 atom stereocenters. The van der Waals surface area contributed by atoms with Gasteiger partial charge in [-0.3, -0.25) is 4.79 Å². The van der Waals surface area contributed by atoms with Crippen LogP contribution in [0.25, 0.3) is 0 Å². The monoisotopic (exact) mass is 403 g/mol. The number of nitrogens with two attached hydrogens (primary N) is 1. The number of fused-ring (bicyclic) bond motifs is 1. The number of carbonyl (C=O) groups excluding carboxylic acids is 2. The molecule has 0 saturated heterocycles. The Morgan fingerprint density at radius 3 is 2.75 bits per heavy atom. The van der Waals surface area contributed by atoms with Gasteiger partial charge in [0.25, 0.3) is 5.91 Å². The van der Waals surface area contributed by atoms with Crippen LogP contribution in [0, 0.1) is 0 Å². The van der Waals surface area contributed by atoms with Crippen molar-refractivity contribution in [1.82, 2.24) is 0 Å². The van der Waals surface area contributed by atoms with Crippen molar-refractivity contribution in [2.24, 2.45) is 0 Å². The van der Waals surface area contributed by atoms with Gasteiger partial charge < -0.3 is 20.1 Å². The quantitative estimate of drug-likeness (QED) is 0.696. The Morgan fingerprint density at radius 2 is 2.04 bits per heavy atom. The number of thiophene rings is 1. The number of quaternary nitrogens is 1. The van der Waals surface area contributed by atoms with Gasteiger partial charge in [-0.2, -0.15) is 0 Å². The molecule has 1 aliphatic rings. The summed E-state index contributed by atoms with van der Waals surface area (Å²) in [7, 11) is 0. The highest BCUT2D eigenvalue weighted by atomic mass is 32.1. The molecule has 7 heteroatoms. The lowest BCUT2D eigenvalue weighted by molar-refractivity contribution is -0.659. The maximum atomic E-state index is 12.6. The van der Waals surface area contributed by atoms with Crippen LogP contribution in [0.4, 0.5) is 5.00 Å². The molecule has 3 rings (SSSR count). The second-order valence-electron chi connectivity index (χ2n) is 7.38. The average molecular weight is 404 g/mol. The second kappa shape index (κ2) is 8.86. The van der Waals surface area contributed by atoms with Crippen molar-refractivity contribution < 1.29 is 24.4 Å². The predicted octanol–water partition coefficient (Wildman–Crippen LogP) is 2.48. The molecule has 0 radical (unpaired) electrons. The summed E-state index contributed by atoms with van der Waals surface area (Å²) in [5.41, 5.74) is 2.23. The molecule has 0 aliphatic carbocycles. The molecule has 1 amide bonds. The molecule has 2 heterocycles. The molecule has 0 fully saturated rings. The lowest BCUT2D eigenvalue weighted by atomic mass is 9.93. The van der Waals surface area contributed by atoms with Crippen molar-refractivity contribution in [3.05, 3.63) is 51.9 Å². The highest BCUT2D eigenvalue weighted by molar-refractivity contribution is 7.17. The zero-order valence-electron chi connectivity index (χ0n) is 16.5. The van der Waals surface area contributed by atoms with Gasteiger partial charge in [0, 0.05) is 16.9 Å². The first-order valence-corrected chi connectivity index (χ1v) is 10.3. The number of esters is 1. The summed E-state index contributed by atoms with van der Waals surface area (Å²) in [5, 5.41) is 5.41. The maximum Gasteiger partial charge on any atom is 0.341 e. The van der Waals surface area contributed by atoms with Gasteiger partial charge in [0.2, 0.25) is 0 Å². The molecule has 2 aromatic rings. The van der Waals surface area contributed by atoms with E-state index in [0.717, 1.165) is 22.5 Å². The number of benzene rings is 1. The number of nitrogens with one attached hydrogen (secondary N) is 1. The van der Waals surface area contributed by atoms with E-state index in [4.69, 9.17) is 9.47 Å². The summed E-state index contributed by atoms with van der Waals surface area (Å²) in [6.07, 6.45) is 0.614. The molecule has 28 heavy (non-hydrogen) atoms. The van der Waals surface area contributed by atoms with Gasteiger partial charge in [-0.1, -0.05) is 30.3 Å². The molecular formula is C21H27N2O4S+. The summed E-state index contributed by atoms with van der Waals surface area (Å²) in [6, 6.07) is 9.99. The van der Waals surface area contributed by atoms with Crippen molar-refractivity contribution in [1.29, 1.82) is 0 Å². The van der Waals surface area contributed by atoms with Crippen LogP contribution in [-0.2, 0) is 33.8 Å². The number of ether oxygens (including phenoxy) is 2. The van der Waals surface area contributed by atoms with E-state index in [1.54, 1.807) is 6.92 Å². The molecule has 0 saturated carbocycles. The van der Waals surface area contributed by atoms with Gasteiger partial charge in [0.1, 0.15) is 11.5 Å². The van der Waals surface area contributed by atoms with E-state index in [9.17, 15) is 9.59 Å². The fourth-order valence-corrected chi connectivity index (χ4v) is 4.36. The number of amides is 1. The number of hydrogen-bond donors (Lipinski definition) is 2. The average Bonchev–Trinajstić information content (AvgIpc) is 2.98. The van der Waals surface area contributed by atoms with Crippen LogP contribution >= 0.6 is 11.3 Å². The Kier molecular flexibility index (Phi) is 6.49.